The van der Waals surface area contributed by atoms with Crippen LogP contribution in [0.1, 0.15) is 0 Å². The minimum Gasteiger partial charge on any atom is -0.246 e. The smallest absolute Gasteiger partial charge is 0.160 e. The van der Waals surface area contributed by atoms with E-state index in [1.807, 2.05) is 24.3 Å². The summed E-state index contributed by atoms with van der Waals surface area (Å²) in [6.07, 6.45) is 0. The minimum atomic E-state index is 0.709. The molecule has 0 saturated carbocycles. The Morgan fingerprint density at radius 1 is 0.439 bits per heavy atom. The van der Waals surface area contributed by atoms with Gasteiger partial charge >= 0.3 is 0 Å². The van der Waals surface area contributed by atoms with E-state index in [-0.39, 0.29) is 0 Å². The summed E-state index contributed by atoms with van der Waals surface area (Å²) in [6, 6.07) is 48.3. The Hall–Kier alpha value is -5.19. The molecule has 3 nitrogen and oxygen atoms in total. The number of thiophene rings is 1. The fraction of sp³-hybridized carbons (Fsp3) is 0. The average Bonchev–Trinajstić information content (AvgIpc) is 3.42. The van der Waals surface area contributed by atoms with Crippen molar-refractivity contribution in [2.75, 3.05) is 0 Å². The van der Waals surface area contributed by atoms with Crippen molar-refractivity contribution in [2.45, 2.75) is 0 Å². The molecule has 5 aromatic carbocycles. The van der Waals surface area contributed by atoms with E-state index < -0.39 is 0 Å². The largest absolute Gasteiger partial charge is 0.246 e. The van der Waals surface area contributed by atoms with Gasteiger partial charge < -0.3 is 0 Å². The van der Waals surface area contributed by atoms with Crippen LogP contribution < -0.4 is 0 Å². The maximum atomic E-state index is 5.20. The summed E-state index contributed by atoms with van der Waals surface area (Å²) in [6.45, 7) is 0. The lowest BCUT2D eigenvalue weighted by atomic mass is 10.00. The van der Waals surface area contributed by atoms with Gasteiger partial charge in [0.2, 0.25) is 0 Å². The van der Waals surface area contributed by atoms with Crippen LogP contribution in [0.2, 0.25) is 0 Å². The van der Waals surface area contributed by atoms with Crippen molar-refractivity contribution in [1.29, 1.82) is 0 Å². The van der Waals surface area contributed by atoms with E-state index in [1.54, 1.807) is 11.3 Å². The first kappa shape index (κ1) is 23.7. The van der Waals surface area contributed by atoms with Crippen molar-refractivity contribution in [1.82, 2.24) is 15.0 Å². The molecule has 8 aromatic rings. The summed E-state index contributed by atoms with van der Waals surface area (Å²) < 4.78 is 2.37. The van der Waals surface area contributed by atoms with E-state index in [4.69, 9.17) is 15.0 Å². The molecule has 0 amide bonds. The molecule has 0 aliphatic heterocycles. The molecule has 0 aliphatic carbocycles. The van der Waals surface area contributed by atoms with E-state index in [0.29, 0.717) is 5.82 Å². The maximum absolute atomic E-state index is 5.20. The monoisotopic (exact) mass is 541 g/mol. The lowest BCUT2D eigenvalue weighted by Gasteiger charge is -2.12. The molecule has 0 saturated heterocycles. The molecule has 41 heavy (non-hydrogen) atoms. The van der Waals surface area contributed by atoms with Gasteiger partial charge in [0, 0.05) is 32.2 Å². The number of pyridine rings is 1. The predicted molar refractivity (Wildman–Crippen MR) is 172 cm³/mol. The standard InChI is InChI=1S/C37H23N3S/c1-3-11-24(12-4-1)25-19-21-26(22-20-25)31-23-32(40-37(39-31)27-13-5-2-6-14-27)34-28-15-7-9-17-30(28)38-35-29-16-8-10-18-33(29)41-36(34)35/h1-23H. The van der Waals surface area contributed by atoms with Gasteiger partial charge in [-0.25, -0.2) is 15.0 Å². The van der Waals surface area contributed by atoms with Crippen molar-refractivity contribution in [3.05, 3.63) is 140 Å². The number of benzene rings is 5. The van der Waals surface area contributed by atoms with Crippen LogP contribution in [0.15, 0.2) is 140 Å². The topological polar surface area (TPSA) is 38.7 Å². The van der Waals surface area contributed by atoms with E-state index in [0.717, 1.165) is 49.2 Å². The number of nitrogens with zero attached hydrogens (tertiary/aromatic N) is 3. The third-order valence-electron chi connectivity index (χ3n) is 7.50. The SMILES string of the molecule is c1ccc(-c2ccc(-c3cc(-c4c5ccccc5nc5c4sc4ccccc45)nc(-c4ccccc4)n3)cc2)cc1. The quantitative estimate of drug-likeness (QED) is 0.222. The van der Waals surface area contributed by atoms with Crippen LogP contribution in [-0.2, 0) is 0 Å². The van der Waals surface area contributed by atoms with E-state index >= 15 is 0 Å². The van der Waals surface area contributed by atoms with Gasteiger partial charge in [-0.3, -0.25) is 0 Å². The highest BCUT2D eigenvalue weighted by atomic mass is 32.1. The molecule has 0 fully saturated rings. The fourth-order valence-corrected chi connectivity index (χ4v) is 6.71. The number of fused-ring (bicyclic) bond motifs is 4. The van der Waals surface area contributed by atoms with E-state index in [2.05, 4.69) is 115 Å². The third kappa shape index (κ3) is 4.17. The Morgan fingerprint density at radius 2 is 1.02 bits per heavy atom. The third-order valence-corrected chi connectivity index (χ3v) is 8.68. The molecular weight excluding hydrogens is 518 g/mol. The molecule has 0 unspecified atom stereocenters. The Morgan fingerprint density at radius 3 is 1.80 bits per heavy atom. The summed E-state index contributed by atoms with van der Waals surface area (Å²) in [5, 5.41) is 2.27. The lowest BCUT2D eigenvalue weighted by molar-refractivity contribution is 1.19. The first-order chi connectivity index (χ1) is 20.3. The second kappa shape index (κ2) is 9.77. The number of rotatable bonds is 4. The van der Waals surface area contributed by atoms with Gasteiger partial charge in [-0.05, 0) is 29.3 Å². The zero-order chi connectivity index (χ0) is 27.2. The van der Waals surface area contributed by atoms with Gasteiger partial charge in [0.05, 0.1) is 27.1 Å². The summed E-state index contributed by atoms with van der Waals surface area (Å²) in [5.74, 6) is 0.709. The molecule has 3 heterocycles. The summed E-state index contributed by atoms with van der Waals surface area (Å²) >= 11 is 1.78. The minimum absolute atomic E-state index is 0.709. The highest BCUT2D eigenvalue weighted by Crippen LogP contribution is 2.43. The number of para-hydroxylation sites is 1. The molecule has 3 aromatic heterocycles. The van der Waals surface area contributed by atoms with Crippen LogP contribution in [0.25, 0.3) is 76.2 Å². The predicted octanol–water partition coefficient (Wildman–Crippen LogP) is 10.1. The second-order valence-electron chi connectivity index (χ2n) is 10.1. The Balaban J connectivity index is 1.39. The molecule has 4 heteroatoms. The molecule has 0 spiro atoms. The summed E-state index contributed by atoms with van der Waals surface area (Å²) in [5.41, 5.74) is 9.30. The zero-order valence-corrected chi connectivity index (χ0v) is 22.8. The maximum Gasteiger partial charge on any atom is 0.160 e. The van der Waals surface area contributed by atoms with Crippen LogP contribution in [0.4, 0.5) is 0 Å². The Labute approximate surface area is 241 Å². The van der Waals surface area contributed by atoms with Crippen LogP contribution in [-0.4, -0.2) is 15.0 Å². The first-order valence-electron chi connectivity index (χ1n) is 13.6. The van der Waals surface area contributed by atoms with Crippen LogP contribution >= 0.6 is 11.3 Å². The van der Waals surface area contributed by atoms with Crippen molar-refractivity contribution >= 4 is 42.5 Å². The fourth-order valence-electron chi connectivity index (χ4n) is 5.50. The van der Waals surface area contributed by atoms with Crippen LogP contribution in [0.3, 0.4) is 0 Å². The van der Waals surface area contributed by atoms with Crippen molar-refractivity contribution in [2.24, 2.45) is 0 Å². The number of hydrogen-bond donors (Lipinski definition) is 0. The number of aromatic nitrogens is 3. The Kier molecular flexibility index (Phi) is 5.64. The highest BCUT2D eigenvalue weighted by molar-refractivity contribution is 7.26. The highest BCUT2D eigenvalue weighted by Gasteiger charge is 2.19. The molecule has 0 bridgehead atoms. The average molecular weight is 542 g/mol. The Bertz CT molecular complexity index is 2180. The molecule has 192 valence electrons. The van der Waals surface area contributed by atoms with E-state index in [9.17, 15) is 0 Å². The van der Waals surface area contributed by atoms with Crippen LogP contribution in [0, 0.1) is 0 Å². The normalized spacial score (nSPS) is 11.4. The molecule has 8 rings (SSSR count). The number of hydrogen-bond acceptors (Lipinski definition) is 4. The molecule has 0 aliphatic rings. The van der Waals surface area contributed by atoms with Gasteiger partial charge in [0.1, 0.15) is 0 Å². The lowest BCUT2D eigenvalue weighted by Crippen LogP contribution is -1.97. The molecule has 0 radical (unpaired) electrons. The summed E-state index contributed by atoms with van der Waals surface area (Å²) in [7, 11) is 0. The summed E-state index contributed by atoms with van der Waals surface area (Å²) in [4.78, 5) is 15.4. The molecule has 0 atom stereocenters. The van der Waals surface area contributed by atoms with Crippen LogP contribution in [0.5, 0.6) is 0 Å². The zero-order valence-electron chi connectivity index (χ0n) is 22.0. The van der Waals surface area contributed by atoms with Gasteiger partial charge in [-0.1, -0.05) is 121 Å². The molecule has 0 N–H and O–H groups in total. The second-order valence-corrected chi connectivity index (χ2v) is 11.1. The van der Waals surface area contributed by atoms with Crippen molar-refractivity contribution < 1.29 is 0 Å². The molecular formula is C37H23N3S. The van der Waals surface area contributed by atoms with Gasteiger partial charge in [0.15, 0.2) is 5.82 Å². The van der Waals surface area contributed by atoms with Crippen molar-refractivity contribution in [3.8, 4) is 45.0 Å². The first-order valence-corrected chi connectivity index (χ1v) is 14.4. The van der Waals surface area contributed by atoms with Crippen molar-refractivity contribution in [3.63, 3.8) is 0 Å². The van der Waals surface area contributed by atoms with E-state index in [1.165, 1.54) is 21.2 Å². The van der Waals surface area contributed by atoms with Gasteiger partial charge in [0.25, 0.3) is 0 Å². The van der Waals surface area contributed by atoms with Gasteiger partial charge in [-0.15, -0.1) is 11.3 Å². The van der Waals surface area contributed by atoms with Gasteiger partial charge in [-0.2, -0.15) is 0 Å².